The molecule has 0 aliphatic carbocycles. The van der Waals surface area contributed by atoms with E-state index in [1.165, 1.54) is 0 Å². The molecule has 0 radical (unpaired) electrons. The van der Waals surface area contributed by atoms with Crippen molar-refractivity contribution in [1.29, 1.82) is 0 Å². The Hall–Kier alpha value is -2.43. The molecule has 3 aromatic carbocycles. The average Bonchev–Trinajstić information content (AvgIpc) is 2.64. The van der Waals surface area contributed by atoms with Crippen LogP contribution in [0.2, 0.25) is 5.02 Å². The van der Waals surface area contributed by atoms with Gasteiger partial charge in [-0.3, -0.25) is 0 Å². The molecule has 0 atom stereocenters. The minimum absolute atomic E-state index is 0.215. The maximum absolute atomic E-state index is 12.2. The lowest BCUT2D eigenvalue weighted by Gasteiger charge is -2.12. The van der Waals surface area contributed by atoms with Gasteiger partial charge in [0.25, 0.3) is 0 Å². The number of amides is 2. The largest absolute Gasteiger partial charge is 0.338 e. The van der Waals surface area contributed by atoms with Crippen molar-refractivity contribution < 1.29 is 4.79 Å². The summed E-state index contributed by atoms with van der Waals surface area (Å²) in [5.41, 5.74) is 1.89. The normalized spacial score (nSPS) is 10.3. The lowest BCUT2D eigenvalue weighted by Crippen LogP contribution is -2.30. The van der Waals surface area contributed by atoms with Crippen molar-refractivity contribution >= 4 is 35.1 Å². The van der Waals surface area contributed by atoms with Crippen molar-refractivity contribution in [1.82, 2.24) is 5.32 Å². The van der Waals surface area contributed by atoms with Gasteiger partial charge < -0.3 is 10.6 Å². The zero-order chi connectivity index (χ0) is 18.2. The van der Waals surface area contributed by atoms with E-state index in [-0.39, 0.29) is 6.03 Å². The summed E-state index contributed by atoms with van der Waals surface area (Å²) in [4.78, 5) is 14.3. The van der Waals surface area contributed by atoms with Crippen molar-refractivity contribution in [2.75, 3.05) is 11.9 Å². The minimum atomic E-state index is -0.215. The predicted octanol–water partition coefficient (Wildman–Crippen LogP) is 5.86. The number of urea groups is 1. The highest BCUT2D eigenvalue weighted by Gasteiger charge is 2.07. The van der Waals surface area contributed by atoms with Crippen LogP contribution in [-0.4, -0.2) is 12.6 Å². The first kappa shape index (κ1) is 18.4. The fraction of sp³-hybridized carbons (Fsp3) is 0.0952. The second-order valence-corrected chi connectivity index (χ2v) is 7.22. The van der Waals surface area contributed by atoms with Gasteiger partial charge in [-0.2, -0.15) is 0 Å². The second kappa shape index (κ2) is 9.32. The summed E-state index contributed by atoms with van der Waals surface area (Å²) in [5, 5.41) is 6.53. The van der Waals surface area contributed by atoms with Crippen molar-refractivity contribution in [2.45, 2.75) is 16.2 Å². The molecule has 5 heteroatoms. The number of rotatable bonds is 6. The molecule has 0 aliphatic rings. The van der Waals surface area contributed by atoms with Gasteiger partial charge >= 0.3 is 6.03 Å². The molecule has 0 saturated heterocycles. The third-order valence-electron chi connectivity index (χ3n) is 3.69. The van der Waals surface area contributed by atoms with Crippen molar-refractivity contribution in [3.8, 4) is 0 Å². The van der Waals surface area contributed by atoms with Crippen LogP contribution in [0.5, 0.6) is 0 Å². The first-order valence-electron chi connectivity index (χ1n) is 8.32. The van der Waals surface area contributed by atoms with Gasteiger partial charge in [-0.15, -0.1) is 0 Å². The van der Waals surface area contributed by atoms with E-state index < -0.39 is 0 Å². The number of nitrogens with one attached hydrogen (secondary N) is 2. The summed E-state index contributed by atoms with van der Waals surface area (Å²) < 4.78 is 0. The van der Waals surface area contributed by atoms with Crippen LogP contribution in [-0.2, 0) is 6.42 Å². The Morgan fingerprint density at radius 1 is 0.923 bits per heavy atom. The Morgan fingerprint density at radius 2 is 1.69 bits per heavy atom. The molecule has 0 aromatic heterocycles. The van der Waals surface area contributed by atoms with E-state index in [1.54, 1.807) is 11.8 Å². The first-order chi connectivity index (χ1) is 12.7. The molecule has 2 N–H and O–H groups in total. The van der Waals surface area contributed by atoms with Crippen LogP contribution >= 0.6 is 23.4 Å². The number of carbonyl (C=O) groups is 1. The van der Waals surface area contributed by atoms with Gasteiger partial charge in [-0.25, -0.2) is 4.79 Å². The lowest BCUT2D eigenvalue weighted by molar-refractivity contribution is 0.252. The van der Waals surface area contributed by atoms with Gasteiger partial charge in [-0.05, 0) is 48.4 Å². The van der Waals surface area contributed by atoms with Crippen LogP contribution in [0.15, 0.2) is 88.7 Å². The molecule has 0 saturated carbocycles. The SMILES string of the molecule is O=C(NCCc1cccc(Cl)c1)Nc1ccccc1Sc1ccccc1. The van der Waals surface area contributed by atoms with E-state index in [0.717, 1.165) is 27.5 Å². The lowest BCUT2D eigenvalue weighted by atomic mass is 10.1. The van der Waals surface area contributed by atoms with E-state index in [2.05, 4.69) is 10.6 Å². The second-order valence-electron chi connectivity index (χ2n) is 5.67. The summed E-state index contributed by atoms with van der Waals surface area (Å²) in [7, 11) is 0. The van der Waals surface area contributed by atoms with Crippen molar-refractivity contribution in [3.05, 3.63) is 89.4 Å². The van der Waals surface area contributed by atoms with Crippen LogP contribution in [0.1, 0.15) is 5.56 Å². The number of carbonyl (C=O) groups excluding carboxylic acids is 1. The molecule has 2 amide bonds. The van der Waals surface area contributed by atoms with E-state index >= 15 is 0 Å². The third-order valence-corrected chi connectivity index (χ3v) is 5.01. The van der Waals surface area contributed by atoms with Gasteiger partial charge in [0.1, 0.15) is 0 Å². The smallest absolute Gasteiger partial charge is 0.319 e. The van der Waals surface area contributed by atoms with E-state index in [0.29, 0.717) is 11.6 Å². The highest BCUT2D eigenvalue weighted by atomic mass is 35.5. The summed E-state index contributed by atoms with van der Waals surface area (Å²) >= 11 is 7.60. The van der Waals surface area contributed by atoms with Crippen LogP contribution in [0.25, 0.3) is 0 Å². The number of anilines is 1. The number of halogens is 1. The number of benzene rings is 3. The Bertz CT molecular complexity index is 871. The molecule has 3 nitrogen and oxygen atoms in total. The summed E-state index contributed by atoms with van der Waals surface area (Å²) in [6.07, 6.45) is 0.731. The molecule has 3 aromatic rings. The summed E-state index contributed by atoms with van der Waals surface area (Å²) in [5.74, 6) is 0. The van der Waals surface area contributed by atoms with Gasteiger partial charge in [-0.1, -0.05) is 65.8 Å². The maximum Gasteiger partial charge on any atom is 0.319 e. The molecular formula is C21H19ClN2OS. The Kier molecular flexibility index (Phi) is 6.58. The van der Waals surface area contributed by atoms with Crippen LogP contribution < -0.4 is 10.6 Å². The minimum Gasteiger partial charge on any atom is -0.338 e. The Morgan fingerprint density at radius 3 is 2.50 bits per heavy atom. The molecule has 0 fully saturated rings. The molecule has 0 heterocycles. The molecule has 0 bridgehead atoms. The van der Waals surface area contributed by atoms with Crippen molar-refractivity contribution in [2.24, 2.45) is 0 Å². The fourth-order valence-electron chi connectivity index (χ4n) is 2.45. The zero-order valence-electron chi connectivity index (χ0n) is 14.1. The topological polar surface area (TPSA) is 41.1 Å². The van der Waals surface area contributed by atoms with Gasteiger partial charge in [0, 0.05) is 21.4 Å². The van der Waals surface area contributed by atoms with Gasteiger partial charge in [0.05, 0.1) is 5.69 Å². The molecule has 26 heavy (non-hydrogen) atoms. The highest BCUT2D eigenvalue weighted by Crippen LogP contribution is 2.33. The zero-order valence-corrected chi connectivity index (χ0v) is 15.7. The number of para-hydroxylation sites is 1. The average molecular weight is 383 g/mol. The summed E-state index contributed by atoms with van der Waals surface area (Å²) in [6, 6.07) is 25.3. The Labute approximate surface area is 162 Å². The number of hydrogen-bond donors (Lipinski definition) is 2. The number of hydrogen-bond acceptors (Lipinski definition) is 2. The van der Waals surface area contributed by atoms with E-state index in [1.807, 2.05) is 78.9 Å². The predicted molar refractivity (Wildman–Crippen MR) is 109 cm³/mol. The first-order valence-corrected chi connectivity index (χ1v) is 9.51. The standard InChI is InChI=1S/C21H19ClN2OS/c22-17-8-6-7-16(15-17)13-14-23-21(25)24-19-11-4-5-12-20(19)26-18-9-2-1-3-10-18/h1-12,15H,13-14H2,(H2,23,24,25). The van der Waals surface area contributed by atoms with E-state index in [4.69, 9.17) is 11.6 Å². The molecule has 0 spiro atoms. The Balaban J connectivity index is 1.56. The van der Waals surface area contributed by atoms with Gasteiger partial charge in [0.2, 0.25) is 0 Å². The van der Waals surface area contributed by atoms with Crippen molar-refractivity contribution in [3.63, 3.8) is 0 Å². The van der Waals surface area contributed by atoms with Gasteiger partial charge in [0.15, 0.2) is 0 Å². The molecule has 3 rings (SSSR count). The van der Waals surface area contributed by atoms with E-state index in [9.17, 15) is 4.79 Å². The molecule has 0 aliphatic heterocycles. The highest BCUT2D eigenvalue weighted by molar-refractivity contribution is 7.99. The summed E-state index contributed by atoms with van der Waals surface area (Å²) in [6.45, 7) is 0.542. The quantitative estimate of drug-likeness (QED) is 0.561. The molecule has 132 valence electrons. The van der Waals surface area contributed by atoms with Crippen LogP contribution in [0.3, 0.4) is 0 Å². The molecule has 0 unspecified atom stereocenters. The monoisotopic (exact) mass is 382 g/mol. The maximum atomic E-state index is 12.2. The molecular weight excluding hydrogens is 364 g/mol. The van der Waals surface area contributed by atoms with Crippen LogP contribution in [0, 0.1) is 0 Å². The fourth-order valence-corrected chi connectivity index (χ4v) is 3.59. The third kappa shape index (κ3) is 5.55. The van der Waals surface area contributed by atoms with Crippen LogP contribution in [0.4, 0.5) is 10.5 Å².